The molecule has 1 rings (SSSR count). The van der Waals surface area contributed by atoms with Crippen LogP contribution < -0.4 is 10.6 Å². The van der Waals surface area contributed by atoms with E-state index in [0.29, 0.717) is 5.69 Å². The van der Waals surface area contributed by atoms with Crippen LogP contribution in [0.1, 0.15) is 0 Å². The van der Waals surface area contributed by atoms with Crippen molar-refractivity contribution in [1.29, 1.82) is 0 Å². The van der Waals surface area contributed by atoms with Gasteiger partial charge in [0.2, 0.25) is 3.79 Å². The van der Waals surface area contributed by atoms with E-state index in [1.54, 1.807) is 0 Å². The van der Waals surface area contributed by atoms with Crippen molar-refractivity contribution in [3.05, 3.63) is 34.4 Å². The minimum absolute atomic E-state index is 0.0664. The topological polar surface area (TPSA) is 87.5 Å². The molecule has 0 unspecified atom stereocenters. The van der Waals surface area contributed by atoms with Gasteiger partial charge in [0.05, 0.1) is 4.92 Å². The molecule has 2 amide bonds. The van der Waals surface area contributed by atoms with Crippen molar-refractivity contribution in [2.45, 2.75) is 9.96 Å². The maximum Gasteiger partial charge on any atom is 0.318 e. The minimum atomic E-state index is -1.81. The summed E-state index contributed by atoms with van der Waals surface area (Å²) in [6, 6.07) is 5.03. The Kier molecular flexibility index (Phi) is 5.88. The number of nitro groups is 1. The van der Waals surface area contributed by atoms with Gasteiger partial charge < -0.3 is 15.5 Å². The second-order valence-electron chi connectivity index (χ2n) is 4.27. The van der Waals surface area contributed by atoms with E-state index in [4.69, 9.17) is 34.8 Å². The van der Waals surface area contributed by atoms with E-state index in [1.807, 2.05) is 0 Å². The van der Waals surface area contributed by atoms with Crippen LogP contribution >= 0.6 is 34.8 Å². The van der Waals surface area contributed by atoms with Crippen LogP contribution in [0.5, 0.6) is 0 Å². The molecule has 7 nitrogen and oxygen atoms in total. The number of alkyl halides is 3. The molecule has 0 bridgehead atoms. The Labute approximate surface area is 136 Å². The first kappa shape index (κ1) is 17.6. The molecule has 0 saturated carbocycles. The first-order chi connectivity index (χ1) is 9.61. The van der Waals surface area contributed by atoms with Crippen LogP contribution in [0.3, 0.4) is 0 Å². The second-order valence-corrected chi connectivity index (χ2v) is 6.64. The molecule has 0 aliphatic rings. The van der Waals surface area contributed by atoms with Gasteiger partial charge in [-0.2, -0.15) is 0 Å². The average molecular weight is 356 g/mol. The van der Waals surface area contributed by atoms with Crippen LogP contribution in [0, 0.1) is 10.1 Å². The number of anilines is 1. The fourth-order valence-electron chi connectivity index (χ4n) is 1.30. The summed E-state index contributed by atoms with van der Waals surface area (Å²) < 4.78 is -1.81. The second kappa shape index (κ2) is 7.02. The molecule has 0 spiro atoms. The van der Waals surface area contributed by atoms with Crippen molar-refractivity contribution in [1.82, 2.24) is 10.2 Å². The molecule has 2 N–H and O–H groups in total. The third-order valence-electron chi connectivity index (χ3n) is 2.39. The van der Waals surface area contributed by atoms with Gasteiger partial charge in [0, 0.05) is 31.9 Å². The van der Waals surface area contributed by atoms with E-state index in [1.165, 1.54) is 43.3 Å². The van der Waals surface area contributed by atoms with Crippen molar-refractivity contribution in [3.63, 3.8) is 0 Å². The lowest BCUT2D eigenvalue weighted by Crippen LogP contribution is -2.52. The van der Waals surface area contributed by atoms with Crippen molar-refractivity contribution in [2.24, 2.45) is 0 Å². The number of hydrogen-bond donors (Lipinski definition) is 2. The van der Waals surface area contributed by atoms with E-state index in [-0.39, 0.29) is 5.69 Å². The number of hydrogen-bond acceptors (Lipinski definition) is 4. The summed E-state index contributed by atoms with van der Waals surface area (Å²) in [5.41, 5.74) is 0.388. The molecule has 10 heteroatoms. The molecule has 0 aliphatic heterocycles. The van der Waals surface area contributed by atoms with Gasteiger partial charge in [-0.15, -0.1) is 0 Å². The molecule has 0 radical (unpaired) electrons. The Morgan fingerprint density at radius 2 is 1.81 bits per heavy atom. The first-order valence-electron chi connectivity index (χ1n) is 5.67. The summed E-state index contributed by atoms with van der Waals surface area (Å²) in [5, 5.41) is 15.9. The summed E-state index contributed by atoms with van der Waals surface area (Å²) >= 11 is 17.4. The van der Waals surface area contributed by atoms with Crippen molar-refractivity contribution in [2.75, 3.05) is 19.4 Å². The molecule has 0 aliphatic carbocycles. The number of carbonyl (C=O) groups is 1. The monoisotopic (exact) mass is 354 g/mol. The number of benzene rings is 1. The molecule has 0 aromatic heterocycles. The van der Waals surface area contributed by atoms with E-state index in [9.17, 15) is 14.9 Å². The van der Waals surface area contributed by atoms with Gasteiger partial charge in [0.1, 0.15) is 6.17 Å². The Bertz CT molecular complexity index is 516. The third kappa shape index (κ3) is 5.45. The zero-order valence-electron chi connectivity index (χ0n) is 11.1. The van der Waals surface area contributed by atoms with Gasteiger partial charge in [0.15, 0.2) is 0 Å². The highest BCUT2D eigenvalue weighted by Gasteiger charge is 2.34. The van der Waals surface area contributed by atoms with Gasteiger partial charge in [0.25, 0.3) is 5.69 Å². The standard InChI is InChI=1S/C11H13Cl3N4O3/c1-17(2)10(19)16-9(11(12,13)14)15-7-3-5-8(6-4-7)18(20)21/h3-6,9,15H,1-2H3,(H,16,19)/t9-/m0/s1. The predicted molar refractivity (Wildman–Crippen MR) is 83.0 cm³/mol. The fourth-order valence-corrected chi connectivity index (χ4v) is 1.63. The van der Waals surface area contributed by atoms with Gasteiger partial charge >= 0.3 is 6.03 Å². The summed E-state index contributed by atoms with van der Waals surface area (Å²) in [7, 11) is 3.08. The van der Waals surface area contributed by atoms with Crippen LogP contribution in [-0.4, -0.2) is 39.9 Å². The lowest BCUT2D eigenvalue weighted by molar-refractivity contribution is -0.384. The number of nitrogens with one attached hydrogen (secondary N) is 2. The molecule has 1 aromatic rings. The van der Waals surface area contributed by atoms with E-state index < -0.39 is 20.9 Å². The van der Waals surface area contributed by atoms with Crippen molar-refractivity contribution < 1.29 is 9.72 Å². The van der Waals surface area contributed by atoms with E-state index in [2.05, 4.69) is 10.6 Å². The molecule has 116 valence electrons. The van der Waals surface area contributed by atoms with Crippen LogP contribution in [0.15, 0.2) is 24.3 Å². The molecule has 0 saturated heterocycles. The Hall–Kier alpha value is -1.44. The zero-order chi connectivity index (χ0) is 16.2. The van der Waals surface area contributed by atoms with Crippen LogP contribution in [-0.2, 0) is 0 Å². The summed E-state index contributed by atoms with van der Waals surface area (Å²) in [4.78, 5) is 23.0. The molecule has 0 fully saturated rings. The number of nitro benzene ring substituents is 1. The largest absolute Gasteiger partial charge is 0.362 e. The van der Waals surface area contributed by atoms with Gasteiger partial charge in [-0.05, 0) is 12.1 Å². The summed E-state index contributed by atoms with van der Waals surface area (Å²) in [6.45, 7) is 0. The zero-order valence-corrected chi connectivity index (χ0v) is 13.4. The van der Waals surface area contributed by atoms with Crippen molar-refractivity contribution >= 4 is 52.2 Å². The number of nitrogens with zero attached hydrogens (tertiary/aromatic N) is 2. The molecule has 21 heavy (non-hydrogen) atoms. The predicted octanol–water partition coefficient (Wildman–Crippen LogP) is 2.97. The van der Waals surface area contributed by atoms with Crippen LogP contribution in [0.25, 0.3) is 0 Å². The normalized spacial score (nSPS) is 12.4. The maximum absolute atomic E-state index is 11.6. The molecule has 1 aromatic carbocycles. The summed E-state index contributed by atoms with van der Waals surface area (Å²) in [6.07, 6.45) is -1.01. The lowest BCUT2D eigenvalue weighted by atomic mass is 10.3. The summed E-state index contributed by atoms with van der Waals surface area (Å²) in [5.74, 6) is 0. The Morgan fingerprint density at radius 1 is 1.29 bits per heavy atom. The highest BCUT2D eigenvalue weighted by atomic mass is 35.6. The van der Waals surface area contributed by atoms with Gasteiger partial charge in [-0.3, -0.25) is 10.1 Å². The van der Waals surface area contributed by atoms with Gasteiger partial charge in [-0.25, -0.2) is 4.79 Å². The van der Waals surface area contributed by atoms with Crippen molar-refractivity contribution in [3.8, 4) is 0 Å². The fraction of sp³-hybridized carbons (Fsp3) is 0.364. The lowest BCUT2D eigenvalue weighted by Gasteiger charge is -2.28. The number of halogens is 3. The molecule has 1 atom stereocenters. The quantitative estimate of drug-likeness (QED) is 0.376. The van der Waals surface area contributed by atoms with Gasteiger partial charge in [-0.1, -0.05) is 34.8 Å². The van der Waals surface area contributed by atoms with Crippen LogP contribution in [0.4, 0.5) is 16.2 Å². The smallest absolute Gasteiger partial charge is 0.318 e. The highest BCUT2D eigenvalue weighted by molar-refractivity contribution is 6.68. The number of urea groups is 1. The molecule has 0 heterocycles. The highest BCUT2D eigenvalue weighted by Crippen LogP contribution is 2.31. The number of non-ortho nitro benzene ring substituents is 1. The SMILES string of the molecule is CN(C)C(=O)N[C@H](Nc1ccc([N+](=O)[O-])cc1)C(Cl)(Cl)Cl. The third-order valence-corrected chi connectivity index (χ3v) is 3.05. The first-order valence-corrected chi connectivity index (χ1v) is 6.80. The number of rotatable bonds is 4. The maximum atomic E-state index is 11.6. The van der Waals surface area contributed by atoms with E-state index in [0.717, 1.165) is 0 Å². The Morgan fingerprint density at radius 3 is 2.19 bits per heavy atom. The average Bonchev–Trinajstić information content (AvgIpc) is 2.37. The minimum Gasteiger partial charge on any atom is -0.362 e. The molecular formula is C11H13Cl3N4O3. The number of carbonyl (C=O) groups excluding carboxylic acids is 1. The Balaban J connectivity index is 2.86. The number of amides is 2. The van der Waals surface area contributed by atoms with Crippen LogP contribution in [0.2, 0.25) is 0 Å². The van der Waals surface area contributed by atoms with E-state index >= 15 is 0 Å². The molecular weight excluding hydrogens is 343 g/mol.